The number of aliphatic hydroxyl groups excluding tert-OH is 1. The van der Waals surface area contributed by atoms with Gasteiger partial charge in [-0.05, 0) is 44.0 Å². The monoisotopic (exact) mass is 313 g/mol. The first-order valence-corrected chi connectivity index (χ1v) is 8.15. The fourth-order valence-corrected chi connectivity index (χ4v) is 3.50. The van der Waals surface area contributed by atoms with Crippen molar-refractivity contribution in [3.8, 4) is 0 Å². The topological polar surface area (TPSA) is 49.3 Å². The number of carbonyl (C=O) groups is 1. The van der Waals surface area contributed by atoms with Crippen LogP contribution in [0.15, 0.2) is 29.2 Å². The Morgan fingerprint density at radius 3 is 2.55 bits per heavy atom. The number of rotatable bonds is 5. The largest absolute Gasteiger partial charge is 0.394 e. The summed E-state index contributed by atoms with van der Waals surface area (Å²) in [4.78, 5) is 13.3. The Labute approximate surface area is 129 Å². The second-order valence-electron chi connectivity index (χ2n) is 5.35. The lowest BCUT2D eigenvalue weighted by atomic mass is 9.99. The van der Waals surface area contributed by atoms with Gasteiger partial charge in [0, 0.05) is 9.92 Å². The van der Waals surface area contributed by atoms with Gasteiger partial charge < -0.3 is 10.4 Å². The van der Waals surface area contributed by atoms with E-state index in [9.17, 15) is 9.90 Å². The third kappa shape index (κ3) is 3.90. The normalized spacial score (nSPS) is 18.8. The molecule has 0 heterocycles. The molecular weight excluding hydrogens is 294 g/mol. The van der Waals surface area contributed by atoms with Crippen molar-refractivity contribution < 1.29 is 9.90 Å². The van der Waals surface area contributed by atoms with E-state index in [4.69, 9.17) is 11.6 Å². The average Bonchev–Trinajstić information content (AvgIpc) is 2.90. The van der Waals surface area contributed by atoms with Crippen LogP contribution < -0.4 is 5.32 Å². The van der Waals surface area contributed by atoms with Gasteiger partial charge in [0.15, 0.2) is 0 Å². The van der Waals surface area contributed by atoms with Gasteiger partial charge in [-0.3, -0.25) is 4.79 Å². The van der Waals surface area contributed by atoms with Crippen molar-refractivity contribution in [2.75, 3.05) is 6.61 Å². The molecule has 1 atom stereocenters. The number of aliphatic hydroxyl groups is 1. The van der Waals surface area contributed by atoms with Crippen molar-refractivity contribution in [3.05, 3.63) is 29.3 Å². The van der Waals surface area contributed by atoms with Crippen LogP contribution in [0.1, 0.15) is 32.6 Å². The summed E-state index contributed by atoms with van der Waals surface area (Å²) in [6.07, 6.45) is 3.88. The molecule has 1 aromatic carbocycles. The fourth-order valence-electron chi connectivity index (χ4n) is 2.51. The average molecular weight is 314 g/mol. The number of nitrogens with one attached hydrogen (secondary N) is 1. The first-order valence-electron chi connectivity index (χ1n) is 6.90. The molecule has 3 nitrogen and oxygen atoms in total. The Bertz CT molecular complexity index is 457. The van der Waals surface area contributed by atoms with Crippen molar-refractivity contribution in [2.24, 2.45) is 0 Å². The molecule has 1 aliphatic rings. The molecule has 0 saturated heterocycles. The summed E-state index contributed by atoms with van der Waals surface area (Å²) in [5.74, 6) is -0.0131. The lowest BCUT2D eigenvalue weighted by molar-refractivity contribution is -0.122. The molecule has 20 heavy (non-hydrogen) atoms. The highest BCUT2D eigenvalue weighted by Gasteiger charge is 2.35. The van der Waals surface area contributed by atoms with Crippen LogP contribution in [0.2, 0.25) is 5.02 Å². The van der Waals surface area contributed by atoms with Crippen molar-refractivity contribution in [2.45, 2.75) is 48.3 Å². The molecular formula is C15H20ClNO2S. The number of hydrogen-bond acceptors (Lipinski definition) is 3. The van der Waals surface area contributed by atoms with Gasteiger partial charge in [-0.2, -0.15) is 0 Å². The first-order chi connectivity index (χ1) is 9.54. The predicted octanol–water partition coefficient (Wildman–Crippen LogP) is 3.24. The molecule has 2 rings (SSSR count). The third-order valence-electron chi connectivity index (χ3n) is 3.75. The molecule has 1 aromatic rings. The maximum absolute atomic E-state index is 12.3. The zero-order valence-corrected chi connectivity index (χ0v) is 13.1. The Hall–Kier alpha value is -0.710. The standard InChI is InChI=1S/C15H20ClNO2S/c1-11(20-13-6-4-12(16)5-7-13)14(19)17-15(10-18)8-2-3-9-15/h4-7,11,18H,2-3,8-10H2,1H3,(H,17,19). The van der Waals surface area contributed by atoms with Crippen molar-refractivity contribution in [1.82, 2.24) is 5.32 Å². The second-order valence-corrected chi connectivity index (χ2v) is 7.20. The summed E-state index contributed by atoms with van der Waals surface area (Å²) in [6.45, 7) is 1.91. The number of thioether (sulfide) groups is 1. The Balaban J connectivity index is 1.93. The highest BCUT2D eigenvalue weighted by molar-refractivity contribution is 8.00. The molecule has 0 bridgehead atoms. The fraction of sp³-hybridized carbons (Fsp3) is 0.533. The summed E-state index contributed by atoms with van der Waals surface area (Å²) in [5.41, 5.74) is -0.397. The maximum Gasteiger partial charge on any atom is 0.233 e. The van der Waals surface area contributed by atoms with Gasteiger partial charge in [0.1, 0.15) is 0 Å². The van der Waals surface area contributed by atoms with Crippen LogP contribution >= 0.6 is 23.4 Å². The van der Waals surface area contributed by atoms with Gasteiger partial charge in [-0.15, -0.1) is 11.8 Å². The number of halogens is 1. The van der Waals surface area contributed by atoms with Crippen LogP contribution in [0.25, 0.3) is 0 Å². The van der Waals surface area contributed by atoms with Crippen molar-refractivity contribution >= 4 is 29.3 Å². The number of amides is 1. The highest BCUT2D eigenvalue weighted by atomic mass is 35.5. The third-order valence-corrected chi connectivity index (χ3v) is 5.11. The minimum Gasteiger partial charge on any atom is -0.394 e. The molecule has 1 aliphatic carbocycles. The molecule has 5 heteroatoms. The molecule has 1 unspecified atom stereocenters. The summed E-state index contributed by atoms with van der Waals surface area (Å²) < 4.78 is 0. The summed E-state index contributed by atoms with van der Waals surface area (Å²) in [7, 11) is 0. The van der Waals surface area contributed by atoms with E-state index in [1.54, 1.807) is 0 Å². The van der Waals surface area contributed by atoms with Gasteiger partial charge >= 0.3 is 0 Å². The van der Waals surface area contributed by atoms with Crippen molar-refractivity contribution in [1.29, 1.82) is 0 Å². The van der Waals surface area contributed by atoms with Crippen LogP contribution in [0.4, 0.5) is 0 Å². The van der Waals surface area contributed by atoms with Crippen LogP contribution in [-0.4, -0.2) is 28.4 Å². The van der Waals surface area contributed by atoms with E-state index in [0.717, 1.165) is 30.6 Å². The van der Waals surface area contributed by atoms with Crippen LogP contribution in [0.3, 0.4) is 0 Å². The van der Waals surface area contributed by atoms with E-state index >= 15 is 0 Å². The zero-order chi connectivity index (χ0) is 14.6. The van der Waals surface area contributed by atoms with Gasteiger partial charge in [0.05, 0.1) is 17.4 Å². The molecule has 110 valence electrons. The second kappa shape index (κ2) is 6.83. The van der Waals surface area contributed by atoms with Crippen LogP contribution in [-0.2, 0) is 4.79 Å². The minimum atomic E-state index is -0.397. The molecule has 0 aliphatic heterocycles. The molecule has 0 radical (unpaired) electrons. The lowest BCUT2D eigenvalue weighted by Crippen LogP contribution is -2.51. The van der Waals surface area contributed by atoms with E-state index in [1.807, 2.05) is 31.2 Å². The Morgan fingerprint density at radius 2 is 2.00 bits per heavy atom. The molecule has 0 aromatic heterocycles. The zero-order valence-electron chi connectivity index (χ0n) is 11.6. The molecule has 0 spiro atoms. The summed E-state index contributed by atoms with van der Waals surface area (Å²) in [5, 5.41) is 13.1. The summed E-state index contributed by atoms with van der Waals surface area (Å²) >= 11 is 7.35. The van der Waals surface area contributed by atoms with Crippen molar-refractivity contribution in [3.63, 3.8) is 0 Å². The number of benzene rings is 1. The molecule has 1 saturated carbocycles. The van der Waals surface area contributed by atoms with Crippen LogP contribution in [0.5, 0.6) is 0 Å². The SMILES string of the molecule is CC(Sc1ccc(Cl)cc1)C(=O)NC1(CO)CCCC1. The highest BCUT2D eigenvalue weighted by Crippen LogP contribution is 2.30. The van der Waals surface area contributed by atoms with E-state index in [-0.39, 0.29) is 17.8 Å². The van der Waals surface area contributed by atoms with E-state index in [1.165, 1.54) is 11.8 Å². The number of hydrogen-bond donors (Lipinski definition) is 2. The van der Waals surface area contributed by atoms with Gasteiger partial charge in [-0.1, -0.05) is 24.4 Å². The first kappa shape index (κ1) is 15.7. The summed E-state index contributed by atoms with van der Waals surface area (Å²) in [6, 6.07) is 7.46. The predicted molar refractivity (Wildman–Crippen MR) is 83.2 cm³/mol. The van der Waals surface area contributed by atoms with E-state index in [2.05, 4.69) is 5.32 Å². The maximum atomic E-state index is 12.3. The molecule has 1 fully saturated rings. The molecule has 1 amide bonds. The Kier molecular flexibility index (Phi) is 5.35. The van der Waals surface area contributed by atoms with Gasteiger partial charge in [0.2, 0.25) is 5.91 Å². The number of carbonyl (C=O) groups excluding carboxylic acids is 1. The smallest absolute Gasteiger partial charge is 0.233 e. The van der Waals surface area contributed by atoms with E-state index in [0.29, 0.717) is 5.02 Å². The van der Waals surface area contributed by atoms with E-state index < -0.39 is 5.54 Å². The lowest BCUT2D eigenvalue weighted by Gasteiger charge is -2.29. The quantitative estimate of drug-likeness (QED) is 0.820. The van der Waals surface area contributed by atoms with Gasteiger partial charge in [-0.25, -0.2) is 0 Å². The molecule has 2 N–H and O–H groups in total. The van der Waals surface area contributed by atoms with Gasteiger partial charge in [0.25, 0.3) is 0 Å². The minimum absolute atomic E-state index is 0.0131. The van der Waals surface area contributed by atoms with Crippen LogP contribution in [0, 0.1) is 0 Å². The Morgan fingerprint density at radius 1 is 1.40 bits per heavy atom.